The van der Waals surface area contributed by atoms with Crippen LogP contribution in [0.4, 0.5) is 0 Å². The molecule has 0 bridgehead atoms. The van der Waals surface area contributed by atoms with Gasteiger partial charge >= 0.3 is 0 Å². The molecule has 0 heterocycles. The number of nitrogens with one attached hydrogen (secondary N) is 1. The predicted octanol–water partition coefficient (Wildman–Crippen LogP) is 4.65. The molecule has 0 saturated heterocycles. The molecule has 2 aromatic rings. The van der Waals surface area contributed by atoms with Crippen LogP contribution in [0.3, 0.4) is 0 Å². The van der Waals surface area contributed by atoms with Gasteiger partial charge in [0, 0.05) is 17.6 Å². The van der Waals surface area contributed by atoms with E-state index in [4.69, 9.17) is 11.6 Å². The Labute approximate surface area is 179 Å². The second-order valence-electron chi connectivity index (χ2n) is 7.37. The number of hydrogen-bond donors (Lipinski definition) is 1. The number of halogens is 1. The first-order valence-corrected chi connectivity index (χ1v) is 10.7. The van der Waals surface area contributed by atoms with E-state index in [0.29, 0.717) is 24.4 Å². The molecule has 0 aliphatic rings. The molecule has 0 spiro atoms. The zero-order valence-corrected chi connectivity index (χ0v) is 18.3. The van der Waals surface area contributed by atoms with Gasteiger partial charge in [0.25, 0.3) is 0 Å². The summed E-state index contributed by atoms with van der Waals surface area (Å²) in [6.45, 7) is 6.47. The number of rotatable bonds is 10. The van der Waals surface area contributed by atoms with Gasteiger partial charge in [0.2, 0.25) is 11.8 Å². The lowest BCUT2D eigenvalue weighted by Gasteiger charge is -2.31. The van der Waals surface area contributed by atoms with Gasteiger partial charge in [0.15, 0.2) is 0 Å². The molecule has 1 N–H and O–H groups in total. The van der Waals surface area contributed by atoms with Gasteiger partial charge in [-0.05, 0) is 49.4 Å². The third kappa shape index (κ3) is 7.21. The summed E-state index contributed by atoms with van der Waals surface area (Å²) >= 11 is 5.96. The highest BCUT2D eigenvalue weighted by Gasteiger charge is 2.28. The van der Waals surface area contributed by atoms with Crippen LogP contribution in [0.5, 0.6) is 0 Å². The highest BCUT2D eigenvalue weighted by atomic mass is 35.5. The second kappa shape index (κ2) is 11.6. The number of carbonyl (C=O) groups excluding carboxylic acids is 2. The minimum atomic E-state index is -0.479. The monoisotopic (exact) mass is 414 g/mol. The van der Waals surface area contributed by atoms with Crippen molar-refractivity contribution in [2.45, 2.75) is 58.5 Å². The van der Waals surface area contributed by atoms with Gasteiger partial charge in [0.1, 0.15) is 6.04 Å². The van der Waals surface area contributed by atoms with Crippen molar-refractivity contribution in [3.63, 3.8) is 0 Å². The number of amides is 2. The molecule has 0 saturated carbocycles. The van der Waals surface area contributed by atoms with Crippen molar-refractivity contribution in [3.8, 4) is 0 Å². The molecule has 0 fully saturated rings. The van der Waals surface area contributed by atoms with E-state index in [1.165, 1.54) is 0 Å². The lowest BCUT2D eigenvalue weighted by Crippen LogP contribution is -2.52. The first-order valence-electron chi connectivity index (χ1n) is 10.3. The summed E-state index contributed by atoms with van der Waals surface area (Å²) in [7, 11) is 0. The standard InChI is InChI=1S/C24H31ClN2O2/c1-4-18(3)26-24(29)22(5-2)27(16-15-19-9-7-6-8-10-19)23(28)17-20-11-13-21(25)14-12-20/h6-14,18,22H,4-5,15-17H2,1-3H3,(H,26,29)/t18-,22-/m1/s1. The van der Waals surface area contributed by atoms with Gasteiger partial charge in [-0.15, -0.1) is 0 Å². The molecule has 0 aliphatic carbocycles. The van der Waals surface area contributed by atoms with Crippen LogP contribution in [0.25, 0.3) is 0 Å². The van der Waals surface area contributed by atoms with Crippen LogP contribution in [-0.4, -0.2) is 35.3 Å². The Bertz CT molecular complexity index is 777. The first-order chi connectivity index (χ1) is 13.9. The summed E-state index contributed by atoms with van der Waals surface area (Å²) in [6.07, 6.45) is 2.38. The molecule has 2 aromatic carbocycles. The Morgan fingerprint density at radius 3 is 2.21 bits per heavy atom. The van der Waals surface area contributed by atoms with E-state index in [2.05, 4.69) is 5.32 Å². The molecule has 2 atom stereocenters. The van der Waals surface area contributed by atoms with Gasteiger partial charge in [-0.1, -0.05) is 67.9 Å². The smallest absolute Gasteiger partial charge is 0.243 e. The zero-order valence-electron chi connectivity index (χ0n) is 17.5. The Morgan fingerprint density at radius 2 is 1.62 bits per heavy atom. The van der Waals surface area contributed by atoms with E-state index >= 15 is 0 Å². The lowest BCUT2D eigenvalue weighted by molar-refractivity contribution is -0.140. The van der Waals surface area contributed by atoms with E-state index < -0.39 is 6.04 Å². The number of nitrogens with zero attached hydrogens (tertiary/aromatic N) is 1. The Hall–Kier alpha value is -2.33. The molecule has 5 heteroatoms. The molecule has 156 valence electrons. The number of carbonyl (C=O) groups is 2. The fourth-order valence-electron chi connectivity index (χ4n) is 3.22. The summed E-state index contributed by atoms with van der Waals surface area (Å²) in [4.78, 5) is 27.8. The van der Waals surface area contributed by atoms with Crippen LogP contribution in [0, 0.1) is 0 Å². The molecule has 2 rings (SSSR count). The number of benzene rings is 2. The first kappa shape index (κ1) is 23.0. The Kier molecular flexibility index (Phi) is 9.20. The zero-order chi connectivity index (χ0) is 21.2. The maximum Gasteiger partial charge on any atom is 0.243 e. The van der Waals surface area contributed by atoms with Crippen molar-refractivity contribution >= 4 is 23.4 Å². The Morgan fingerprint density at radius 1 is 0.966 bits per heavy atom. The van der Waals surface area contributed by atoms with Crippen LogP contribution >= 0.6 is 11.6 Å². The van der Waals surface area contributed by atoms with E-state index in [9.17, 15) is 9.59 Å². The largest absolute Gasteiger partial charge is 0.352 e. The van der Waals surface area contributed by atoms with Gasteiger partial charge in [0.05, 0.1) is 6.42 Å². The van der Waals surface area contributed by atoms with Crippen LogP contribution in [0.2, 0.25) is 5.02 Å². The molecule has 0 radical (unpaired) electrons. The highest BCUT2D eigenvalue weighted by molar-refractivity contribution is 6.30. The maximum atomic E-state index is 13.2. The minimum absolute atomic E-state index is 0.0468. The molecular weight excluding hydrogens is 384 g/mol. The van der Waals surface area contributed by atoms with Gasteiger partial charge in [-0.3, -0.25) is 9.59 Å². The fourth-order valence-corrected chi connectivity index (χ4v) is 3.34. The summed E-state index contributed by atoms with van der Waals surface area (Å²) in [5.41, 5.74) is 2.04. The average molecular weight is 415 g/mol. The Balaban J connectivity index is 2.18. The van der Waals surface area contributed by atoms with Crippen molar-refractivity contribution in [3.05, 3.63) is 70.7 Å². The van der Waals surface area contributed by atoms with Crippen LogP contribution in [-0.2, 0) is 22.4 Å². The lowest BCUT2D eigenvalue weighted by atomic mass is 10.1. The molecular formula is C24H31ClN2O2. The van der Waals surface area contributed by atoms with E-state index in [1.807, 2.05) is 63.2 Å². The molecule has 2 amide bonds. The minimum Gasteiger partial charge on any atom is -0.352 e. The topological polar surface area (TPSA) is 49.4 Å². The second-order valence-corrected chi connectivity index (χ2v) is 7.80. The van der Waals surface area contributed by atoms with Gasteiger partial charge in [-0.2, -0.15) is 0 Å². The van der Waals surface area contributed by atoms with Gasteiger partial charge < -0.3 is 10.2 Å². The summed E-state index contributed by atoms with van der Waals surface area (Å²) in [6, 6.07) is 16.9. The van der Waals surface area contributed by atoms with E-state index in [0.717, 1.165) is 17.5 Å². The fraction of sp³-hybridized carbons (Fsp3) is 0.417. The average Bonchev–Trinajstić information content (AvgIpc) is 2.73. The highest BCUT2D eigenvalue weighted by Crippen LogP contribution is 2.14. The summed E-state index contributed by atoms with van der Waals surface area (Å²) in [5.74, 6) is -0.131. The van der Waals surface area contributed by atoms with Gasteiger partial charge in [-0.25, -0.2) is 0 Å². The van der Waals surface area contributed by atoms with Crippen LogP contribution in [0.1, 0.15) is 44.7 Å². The summed E-state index contributed by atoms with van der Waals surface area (Å²) < 4.78 is 0. The molecule has 29 heavy (non-hydrogen) atoms. The third-order valence-corrected chi connectivity index (χ3v) is 5.39. The predicted molar refractivity (Wildman–Crippen MR) is 119 cm³/mol. The van der Waals surface area contributed by atoms with E-state index in [1.54, 1.807) is 17.0 Å². The SMILES string of the molecule is CC[C@@H](C)NC(=O)[C@@H](CC)N(CCc1ccccc1)C(=O)Cc1ccc(Cl)cc1. The van der Waals surface area contributed by atoms with Crippen molar-refractivity contribution in [2.24, 2.45) is 0 Å². The van der Waals surface area contributed by atoms with Crippen LogP contribution in [0.15, 0.2) is 54.6 Å². The van der Waals surface area contributed by atoms with Crippen molar-refractivity contribution in [1.82, 2.24) is 10.2 Å². The molecule has 4 nitrogen and oxygen atoms in total. The third-order valence-electron chi connectivity index (χ3n) is 5.14. The van der Waals surface area contributed by atoms with Crippen LogP contribution < -0.4 is 5.32 Å². The van der Waals surface area contributed by atoms with E-state index in [-0.39, 0.29) is 24.3 Å². The molecule has 0 aliphatic heterocycles. The quantitative estimate of drug-likeness (QED) is 0.615. The van der Waals surface area contributed by atoms with Crippen molar-refractivity contribution in [2.75, 3.05) is 6.54 Å². The summed E-state index contributed by atoms with van der Waals surface area (Å²) in [5, 5.41) is 3.68. The maximum absolute atomic E-state index is 13.2. The molecule has 0 unspecified atom stereocenters. The van der Waals surface area contributed by atoms with Crippen molar-refractivity contribution in [1.29, 1.82) is 0 Å². The van der Waals surface area contributed by atoms with Crippen molar-refractivity contribution < 1.29 is 9.59 Å². The molecule has 0 aromatic heterocycles. The normalized spacial score (nSPS) is 12.8. The number of hydrogen-bond acceptors (Lipinski definition) is 2.